The quantitative estimate of drug-likeness (QED) is 0.865. The Kier molecular flexibility index (Phi) is 3.85. The van der Waals surface area contributed by atoms with Crippen molar-refractivity contribution in [1.82, 2.24) is 15.2 Å². The Bertz CT molecular complexity index is 581. The van der Waals surface area contributed by atoms with Crippen molar-refractivity contribution >= 4 is 5.91 Å². The van der Waals surface area contributed by atoms with Crippen LogP contribution in [0.1, 0.15) is 48.2 Å². The van der Waals surface area contributed by atoms with Crippen molar-refractivity contribution in [2.45, 2.75) is 57.2 Å². The zero-order chi connectivity index (χ0) is 15.0. The van der Waals surface area contributed by atoms with E-state index in [2.05, 4.69) is 22.2 Å². The van der Waals surface area contributed by atoms with Gasteiger partial charge in [0.1, 0.15) is 5.56 Å². The summed E-state index contributed by atoms with van der Waals surface area (Å²) < 4.78 is 0. The fourth-order valence-electron chi connectivity index (χ4n) is 3.75. The molecule has 2 fully saturated rings. The number of hydrogen-bond donors (Lipinski definition) is 2. The van der Waals surface area contributed by atoms with Crippen LogP contribution in [0.25, 0.3) is 0 Å². The number of aromatic nitrogens is 1. The number of nitrogens with zero attached hydrogens (tertiary/aromatic N) is 1. The molecule has 2 saturated heterocycles. The highest BCUT2D eigenvalue weighted by atomic mass is 16.2. The topological polar surface area (TPSA) is 65.2 Å². The second-order valence-electron chi connectivity index (χ2n) is 6.44. The van der Waals surface area contributed by atoms with Gasteiger partial charge in [-0.1, -0.05) is 6.42 Å². The summed E-state index contributed by atoms with van der Waals surface area (Å²) in [5.41, 5.74) is 0.770. The number of piperidine rings is 2. The minimum absolute atomic E-state index is 0.185. The molecule has 2 atom stereocenters. The number of carbonyl (C=O) groups is 1. The Morgan fingerprint density at radius 2 is 2.00 bits per heavy atom. The molecule has 5 heteroatoms. The molecule has 1 aromatic rings. The van der Waals surface area contributed by atoms with Crippen molar-refractivity contribution in [2.24, 2.45) is 0 Å². The van der Waals surface area contributed by atoms with E-state index >= 15 is 0 Å². The molecule has 21 heavy (non-hydrogen) atoms. The number of fused-ring (bicyclic) bond motifs is 2. The van der Waals surface area contributed by atoms with Gasteiger partial charge in [0.05, 0.1) is 0 Å². The van der Waals surface area contributed by atoms with E-state index in [1.54, 1.807) is 6.92 Å². The van der Waals surface area contributed by atoms with Crippen LogP contribution in [0, 0.1) is 6.92 Å². The molecule has 2 aliphatic rings. The van der Waals surface area contributed by atoms with Crippen LogP contribution >= 0.6 is 0 Å². The lowest BCUT2D eigenvalue weighted by Crippen LogP contribution is -2.55. The normalized spacial score (nSPS) is 29.1. The molecule has 0 aromatic carbocycles. The van der Waals surface area contributed by atoms with Crippen molar-refractivity contribution in [3.05, 3.63) is 33.7 Å². The second-order valence-corrected chi connectivity index (χ2v) is 6.44. The van der Waals surface area contributed by atoms with Gasteiger partial charge in [0.2, 0.25) is 0 Å². The first-order chi connectivity index (χ1) is 10.0. The van der Waals surface area contributed by atoms with Gasteiger partial charge in [-0.2, -0.15) is 0 Å². The monoisotopic (exact) mass is 289 g/mol. The predicted molar refractivity (Wildman–Crippen MR) is 81.5 cm³/mol. The molecule has 3 rings (SSSR count). The van der Waals surface area contributed by atoms with Crippen molar-refractivity contribution in [3.63, 3.8) is 0 Å². The van der Waals surface area contributed by atoms with Gasteiger partial charge in [-0.25, -0.2) is 0 Å². The van der Waals surface area contributed by atoms with E-state index < -0.39 is 0 Å². The summed E-state index contributed by atoms with van der Waals surface area (Å²) in [6.07, 6.45) is 7.21. The summed E-state index contributed by atoms with van der Waals surface area (Å²) in [6.45, 7) is 1.81. The van der Waals surface area contributed by atoms with E-state index in [0.717, 1.165) is 18.5 Å². The lowest BCUT2D eigenvalue weighted by molar-refractivity contribution is 0.0462. The third-order valence-corrected chi connectivity index (χ3v) is 4.98. The lowest BCUT2D eigenvalue weighted by atomic mass is 9.82. The molecule has 2 bridgehead atoms. The molecule has 5 nitrogen and oxygen atoms in total. The van der Waals surface area contributed by atoms with Crippen LogP contribution < -0.4 is 10.7 Å². The largest absolute Gasteiger partial charge is 0.364 e. The fourth-order valence-corrected chi connectivity index (χ4v) is 3.75. The maximum atomic E-state index is 12.3. The molecule has 1 amide bonds. The van der Waals surface area contributed by atoms with E-state index in [9.17, 15) is 9.59 Å². The van der Waals surface area contributed by atoms with Gasteiger partial charge >= 0.3 is 0 Å². The Labute approximate surface area is 124 Å². The molecule has 2 N–H and O–H groups in total. The number of aryl methyl sites for hydroxylation is 1. The highest BCUT2D eigenvalue weighted by molar-refractivity contribution is 5.94. The van der Waals surface area contributed by atoms with Gasteiger partial charge in [0.25, 0.3) is 5.91 Å². The number of carbonyl (C=O) groups excluding carboxylic acids is 1. The summed E-state index contributed by atoms with van der Waals surface area (Å²) in [4.78, 5) is 29.6. The Morgan fingerprint density at radius 1 is 1.33 bits per heavy atom. The lowest BCUT2D eigenvalue weighted by Gasteiger charge is -2.47. The van der Waals surface area contributed by atoms with Crippen molar-refractivity contribution < 1.29 is 4.79 Å². The molecule has 2 unspecified atom stereocenters. The summed E-state index contributed by atoms with van der Waals surface area (Å²) in [6, 6.07) is 2.79. The Balaban J connectivity index is 1.69. The average molecular weight is 289 g/mol. The molecule has 2 aliphatic heterocycles. The zero-order valence-electron chi connectivity index (χ0n) is 12.7. The summed E-state index contributed by atoms with van der Waals surface area (Å²) in [5, 5.41) is 3.06. The van der Waals surface area contributed by atoms with Crippen LogP contribution in [0.3, 0.4) is 0 Å². The third-order valence-electron chi connectivity index (χ3n) is 4.98. The van der Waals surface area contributed by atoms with Gasteiger partial charge in [0, 0.05) is 36.1 Å². The number of aromatic amines is 1. The van der Waals surface area contributed by atoms with Gasteiger partial charge in [-0.15, -0.1) is 0 Å². The summed E-state index contributed by atoms with van der Waals surface area (Å²) in [7, 11) is 2.19. The van der Waals surface area contributed by atoms with Gasteiger partial charge < -0.3 is 15.2 Å². The number of pyridine rings is 1. The van der Waals surface area contributed by atoms with Crippen LogP contribution in [-0.2, 0) is 0 Å². The van der Waals surface area contributed by atoms with Crippen molar-refractivity contribution in [2.75, 3.05) is 7.05 Å². The van der Waals surface area contributed by atoms with E-state index in [1.165, 1.54) is 31.5 Å². The second kappa shape index (κ2) is 5.64. The molecular weight excluding hydrogens is 266 g/mol. The minimum atomic E-state index is -0.246. The minimum Gasteiger partial charge on any atom is -0.364 e. The maximum absolute atomic E-state index is 12.3. The highest BCUT2D eigenvalue weighted by Crippen LogP contribution is 2.32. The van der Waals surface area contributed by atoms with Crippen LogP contribution in [-0.4, -0.2) is 41.0 Å². The van der Waals surface area contributed by atoms with Gasteiger partial charge in [0.15, 0.2) is 5.43 Å². The summed E-state index contributed by atoms with van der Waals surface area (Å²) in [5.74, 6) is -0.246. The van der Waals surface area contributed by atoms with E-state index in [-0.39, 0.29) is 22.9 Å². The molecule has 0 radical (unpaired) electrons. The number of hydrogen-bond acceptors (Lipinski definition) is 3. The Morgan fingerprint density at radius 3 is 2.62 bits per heavy atom. The van der Waals surface area contributed by atoms with Crippen molar-refractivity contribution in [1.29, 1.82) is 0 Å². The molecule has 1 aromatic heterocycles. The van der Waals surface area contributed by atoms with Crippen LogP contribution in [0.15, 0.2) is 17.1 Å². The van der Waals surface area contributed by atoms with Crippen LogP contribution in [0.5, 0.6) is 0 Å². The van der Waals surface area contributed by atoms with Gasteiger partial charge in [-0.05, 0) is 39.7 Å². The first-order valence-electron chi connectivity index (χ1n) is 7.76. The summed E-state index contributed by atoms with van der Waals surface area (Å²) >= 11 is 0. The third kappa shape index (κ3) is 2.88. The molecule has 0 aliphatic carbocycles. The first-order valence-corrected chi connectivity index (χ1v) is 7.76. The van der Waals surface area contributed by atoms with E-state index in [1.807, 2.05) is 0 Å². The number of amides is 1. The molecule has 0 spiro atoms. The van der Waals surface area contributed by atoms with Crippen molar-refractivity contribution in [3.8, 4) is 0 Å². The molecule has 0 saturated carbocycles. The predicted octanol–water partition coefficient (Wildman–Crippen LogP) is 1.43. The van der Waals surface area contributed by atoms with E-state index in [0.29, 0.717) is 12.1 Å². The average Bonchev–Trinajstić information content (AvgIpc) is 2.39. The number of H-pyrrole nitrogens is 1. The Hall–Kier alpha value is -1.62. The van der Waals surface area contributed by atoms with Crippen LogP contribution in [0.4, 0.5) is 0 Å². The number of rotatable bonds is 2. The highest BCUT2D eigenvalue weighted by Gasteiger charge is 2.36. The standard InChI is InChI=1S/C16H23N3O2/c1-10-6-15(20)14(9-17-10)16(21)18-11-7-12-4-3-5-13(8-11)19(12)2/h6,9,11-13H,3-5,7-8H2,1-2H3,(H,17,20)(H,18,21). The van der Waals surface area contributed by atoms with E-state index in [4.69, 9.17) is 0 Å². The number of nitrogens with one attached hydrogen (secondary N) is 2. The SMILES string of the molecule is Cc1cc(=O)c(C(=O)NC2CC3CCCC(C2)N3C)c[nH]1. The molecule has 114 valence electrons. The smallest absolute Gasteiger partial charge is 0.256 e. The fraction of sp³-hybridized carbons (Fsp3) is 0.625. The van der Waals surface area contributed by atoms with Crippen LogP contribution in [0.2, 0.25) is 0 Å². The molecule has 3 heterocycles. The maximum Gasteiger partial charge on any atom is 0.256 e. The zero-order valence-corrected chi connectivity index (χ0v) is 12.7. The first kappa shape index (κ1) is 14.3. The van der Waals surface area contributed by atoms with Gasteiger partial charge in [-0.3, -0.25) is 9.59 Å². The molecular formula is C16H23N3O2.